The molecule has 2 nitrogen and oxygen atoms in total. The Morgan fingerprint density at radius 1 is 0.472 bits per heavy atom. The Bertz CT molecular complexity index is 3700. The molecule has 2 heteroatoms. The molecule has 72 heavy (non-hydrogen) atoms. The zero-order chi connectivity index (χ0) is 49.2. The molecule has 0 bridgehead atoms. The van der Waals surface area contributed by atoms with Gasteiger partial charge in [-0.05, 0) is 213 Å². The van der Waals surface area contributed by atoms with Crippen LogP contribution in [-0.4, -0.2) is 0 Å². The molecule has 1 N–H and O–H groups in total. The Hall–Kier alpha value is -8.20. The van der Waals surface area contributed by atoms with Crippen LogP contribution in [0.5, 0.6) is 0 Å². The number of hydrogen-bond acceptors (Lipinski definition) is 2. The largest absolute Gasteiger partial charge is 0.355 e. The minimum Gasteiger partial charge on any atom is -0.355 e. The summed E-state index contributed by atoms with van der Waals surface area (Å²) in [5.41, 5.74) is 32.8. The number of rotatable bonds is 10. The predicted octanol–water partition coefficient (Wildman–Crippen LogP) is 18.3. The summed E-state index contributed by atoms with van der Waals surface area (Å²) in [4.78, 5) is 2.50. The van der Waals surface area contributed by atoms with E-state index in [1.165, 1.54) is 123 Å². The highest BCUT2D eigenvalue weighted by Gasteiger charge is 2.29. The number of allylic oxidation sites excluding steroid dienone is 10. The summed E-state index contributed by atoms with van der Waals surface area (Å²) in [5.74, 6) is 0.299. The Labute approximate surface area is 426 Å². The molecular weight excluding hydrogens is 869 g/mol. The molecule has 0 saturated carbocycles. The van der Waals surface area contributed by atoms with Crippen molar-refractivity contribution in [2.24, 2.45) is 11.8 Å². The molecular formula is C70H60N2. The van der Waals surface area contributed by atoms with E-state index >= 15 is 0 Å². The lowest BCUT2D eigenvalue weighted by Crippen LogP contribution is -2.18. The first-order valence-electron chi connectivity index (χ1n) is 25.6. The van der Waals surface area contributed by atoms with Gasteiger partial charge in [0.25, 0.3) is 0 Å². The van der Waals surface area contributed by atoms with Gasteiger partial charge >= 0.3 is 0 Å². The van der Waals surface area contributed by atoms with Crippen molar-refractivity contribution in [3.05, 3.63) is 280 Å². The lowest BCUT2D eigenvalue weighted by atomic mass is 9.74. The van der Waals surface area contributed by atoms with E-state index in [-0.39, 0.29) is 11.8 Å². The summed E-state index contributed by atoms with van der Waals surface area (Å²) in [6.07, 6.45) is 15.3. The van der Waals surface area contributed by atoms with Crippen LogP contribution in [0.25, 0.3) is 50.1 Å². The van der Waals surface area contributed by atoms with E-state index < -0.39 is 0 Å². The fourth-order valence-electron chi connectivity index (χ4n) is 12.1. The number of benzene rings is 8. The summed E-state index contributed by atoms with van der Waals surface area (Å²) < 4.78 is 0. The molecule has 4 aliphatic carbocycles. The molecule has 0 aliphatic heterocycles. The zero-order valence-corrected chi connectivity index (χ0v) is 42.1. The second-order valence-electron chi connectivity index (χ2n) is 20.6. The maximum atomic E-state index is 4.55. The van der Waals surface area contributed by atoms with Crippen molar-refractivity contribution in [3.63, 3.8) is 0 Å². The highest BCUT2D eigenvalue weighted by atomic mass is 15.1. The Morgan fingerprint density at radius 2 is 1.04 bits per heavy atom. The monoisotopic (exact) mass is 928 g/mol. The third-order valence-electron chi connectivity index (χ3n) is 15.9. The Balaban J connectivity index is 0.876. The van der Waals surface area contributed by atoms with Gasteiger partial charge in [0, 0.05) is 46.7 Å². The van der Waals surface area contributed by atoms with Crippen molar-refractivity contribution in [1.29, 1.82) is 0 Å². The van der Waals surface area contributed by atoms with E-state index in [1.54, 1.807) is 0 Å². The predicted molar refractivity (Wildman–Crippen MR) is 306 cm³/mol. The van der Waals surface area contributed by atoms with Gasteiger partial charge in [-0.1, -0.05) is 159 Å². The van der Waals surface area contributed by atoms with Gasteiger partial charge in [0.15, 0.2) is 0 Å². The molecule has 4 aliphatic rings. The number of fused-ring (bicyclic) bond motifs is 6. The summed E-state index contributed by atoms with van der Waals surface area (Å²) >= 11 is 0. The SMILES string of the molecule is C=C1C=CC=CC1C1C=C(c2cc3c(cc2Nc2ccc(-c4ccc(N(Cc5ccc6c(c5)Cc5ccccc5-6)c5ccc(-c6ccccc6C)c(C)c5)cc4C)c(C)c2)Cc2ccccc2-3)C(C)=CC1=C. The third-order valence-corrected chi connectivity index (χ3v) is 15.9. The van der Waals surface area contributed by atoms with Gasteiger partial charge in [0.2, 0.25) is 0 Å². The van der Waals surface area contributed by atoms with Crippen LogP contribution in [0.4, 0.5) is 22.7 Å². The molecule has 0 fully saturated rings. The van der Waals surface area contributed by atoms with Crippen LogP contribution < -0.4 is 10.2 Å². The molecule has 0 amide bonds. The molecule has 8 aromatic carbocycles. The van der Waals surface area contributed by atoms with Crippen LogP contribution in [0.1, 0.15) is 62.6 Å². The second-order valence-corrected chi connectivity index (χ2v) is 20.6. The van der Waals surface area contributed by atoms with E-state index in [1.807, 2.05) is 0 Å². The highest BCUT2D eigenvalue weighted by Crippen LogP contribution is 2.47. The first-order valence-corrected chi connectivity index (χ1v) is 25.6. The molecule has 8 aromatic rings. The summed E-state index contributed by atoms with van der Waals surface area (Å²) in [6.45, 7) is 20.9. The van der Waals surface area contributed by atoms with Crippen LogP contribution in [0.15, 0.2) is 224 Å². The van der Waals surface area contributed by atoms with Gasteiger partial charge in [-0.2, -0.15) is 0 Å². The molecule has 12 rings (SSSR count). The molecule has 0 radical (unpaired) electrons. The maximum absolute atomic E-state index is 4.55. The van der Waals surface area contributed by atoms with Gasteiger partial charge < -0.3 is 10.2 Å². The van der Waals surface area contributed by atoms with E-state index in [2.05, 4.69) is 252 Å². The molecule has 0 saturated heterocycles. The molecule has 2 atom stereocenters. The normalized spacial score (nSPS) is 16.2. The van der Waals surface area contributed by atoms with Crippen LogP contribution in [0.2, 0.25) is 0 Å². The number of hydrogen-bond donors (Lipinski definition) is 1. The number of aryl methyl sites for hydroxylation is 4. The van der Waals surface area contributed by atoms with E-state index in [0.29, 0.717) is 0 Å². The van der Waals surface area contributed by atoms with Crippen molar-refractivity contribution < 1.29 is 0 Å². The van der Waals surface area contributed by atoms with E-state index in [4.69, 9.17) is 0 Å². The van der Waals surface area contributed by atoms with Gasteiger partial charge in [-0.25, -0.2) is 0 Å². The van der Waals surface area contributed by atoms with E-state index in [9.17, 15) is 0 Å². The molecule has 2 unspecified atom stereocenters. The van der Waals surface area contributed by atoms with Gasteiger partial charge in [-0.3, -0.25) is 0 Å². The Kier molecular flexibility index (Phi) is 11.4. The Morgan fingerprint density at radius 3 is 1.69 bits per heavy atom. The molecule has 0 spiro atoms. The minimum absolute atomic E-state index is 0.125. The lowest BCUT2D eigenvalue weighted by molar-refractivity contribution is 0.627. The molecule has 350 valence electrons. The molecule has 0 aromatic heterocycles. The maximum Gasteiger partial charge on any atom is 0.0481 e. The second kappa shape index (κ2) is 18.2. The summed E-state index contributed by atoms with van der Waals surface area (Å²) in [6, 6.07) is 59.2. The lowest BCUT2D eigenvalue weighted by Gasteiger charge is -2.30. The van der Waals surface area contributed by atoms with Crippen molar-refractivity contribution in [3.8, 4) is 44.5 Å². The van der Waals surface area contributed by atoms with Crippen molar-refractivity contribution >= 4 is 28.3 Å². The van der Waals surface area contributed by atoms with Gasteiger partial charge in [0.05, 0.1) is 0 Å². The summed E-state index contributed by atoms with van der Waals surface area (Å²) in [7, 11) is 0. The van der Waals surface area contributed by atoms with Crippen LogP contribution in [0, 0.1) is 39.5 Å². The number of nitrogens with one attached hydrogen (secondary N) is 1. The topological polar surface area (TPSA) is 15.3 Å². The quantitative estimate of drug-likeness (QED) is 0.147. The minimum atomic E-state index is 0.125. The fraction of sp³-hybridized carbons (Fsp3) is 0.143. The van der Waals surface area contributed by atoms with Gasteiger partial charge in [-0.15, -0.1) is 0 Å². The highest BCUT2D eigenvalue weighted by molar-refractivity contribution is 5.93. The standard InChI is InChI=1S/C70H60N2/c1-43-16-8-12-20-58(43)61-30-26-56(34-48(61)6)72(42-50-24-28-65-53(36-50)37-51-18-10-14-22-63(51)65)57-27-31-62(49(7)35-57)60-29-25-55(33-47(60)5)71-70-39-54-38-52-19-11-15-23-64(52)68(54)41-69(70)67-40-66(45(3)32-46(67)4)59-21-13-9-17-44(59)2/h8-36,39-41,59,66,71H,2-3,37-38,42H2,1,4-7H3. The molecule has 0 heterocycles. The first-order chi connectivity index (χ1) is 35.0. The van der Waals surface area contributed by atoms with Crippen molar-refractivity contribution in [2.75, 3.05) is 10.2 Å². The van der Waals surface area contributed by atoms with Crippen molar-refractivity contribution in [2.45, 2.75) is 54.0 Å². The number of nitrogens with zero attached hydrogens (tertiary/aromatic N) is 1. The van der Waals surface area contributed by atoms with Crippen LogP contribution >= 0.6 is 0 Å². The van der Waals surface area contributed by atoms with Crippen molar-refractivity contribution in [1.82, 2.24) is 0 Å². The first kappa shape index (κ1) is 45.0. The van der Waals surface area contributed by atoms with Gasteiger partial charge in [0.1, 0.15) is 0 Å². The smallest absolute Gasteiger partial charge is 0.0481 e. The third kappa shape index (κ3) is 8.11. The number of anilines is 4. The zero-order valence-electron chi connectivity index (χ0n) is 42.1. The summed E-state index contributed by atoms with van der Waals surface area (Å²) in [5, 5.41) is 3.96. The average molecular weight is 929 g/mol. The van der Waals surface area contributed by atoms with E-state index in [0.717, 1.165) is 41.9 Å². The van der Waals surface area contributed by atoms with Crippen LogP contribution in [-0.2, 0) is 19.4 Å². The fourth-order valence-corrected chi connectivity index (χ4v) is 12.1. The average Bonchev–Trinajstić information content (AvgIpc) is 3.94. The van der Waals surface area contributed by atoms with Crippen LogP contribution in [0.3, 0.4) is 0 Å².